The minimum Gasteiger partial charge on any atom is -0.497 e. The summed E-state index contributed by atoms with van der Waals surface area (Å²) in [5, 5.41) is 8.45. The Kier molecular flexibility index (Phi) is 5.70. The average molecular weight is 406 g/mol. The molecule has 156 valence electrons. The van der Waals surface area contributed by atoms with Crippen LogP contribution in [-0.2, 0) is 6.42 Å². The van der Waals surface area contributed by atoms with Crippen LogP contribution >= 0.6 is 0 Å². The van der Waals surface area contributed by atoms with Gasteiger partial charge in [-0.25, -0.2) is 4.68 Å². The number of nitrogens with zero attached hydrogens (tertiary/aromatic N) is 4. The molecule has 1 atom stereocenters. The van der Waals surface area contributed by atoms with Gasteiger partial charge in [0.2, 0.25) is 0 Å². The largest absolute Gasteiger partial charge is 0.497 e. The number of methoxy groups -OCH3 is 2. The summed E-state index contributed by atoms with van der Waals surface area (Å²) in [6, 6.07) is 15.7. The first-order valence-corrected chi connectivity index (χ1v) is 10.1. The van der Waals surface area contributed by atoms with Crippen LogP contribution in [0.25, 0.3) is 5.69 Å². The molecule has 2 aromatic carbocycles. The number of ether oxygens (including phenoxy) is 2. The SMILES string of the molecule is COc1cccc(CC2CCCN2C(=O)c2nnn(-c3cccc(OC)c3)c2C)c1. The third-order valence-corrected chi connectivity index (χ3v) is 5.64. The van der Waals surface area contributed by atoms with Crippen LogP contribution < -0.4 is 9.47 Å². The first-order chi connectivity index (χ1) is 14.6. The van der Waals surface area contributed by atoms with Crippen LogP contribution in [0, 0.1) is 6.92 Å². The number of benzene rings is 2. The summed E-state index contributed by atoms with van der Waals surface area (Å²) in [6.07, 6.45) is 2.77. The molecule has 0 radical (unpaired) electrons. The molecular formula is C23H26N4O3. The summed E-state index contributed by atoms with van der Waals surface area (Å²) in [5.74, 6) is 1.50. The second-order valence-corrected chi connectivity index (χ2v) is 7.49. The molecule has 0 spiro atoms. The first-order valence-electron chi connectivity index (χ1n) is 10.1. The van der Waals surface area contributed by atoms with Crippen molar-refractivity contribution in [3.05, 3.63) is 65.5 Å². The molecule has 0 bridgehead atoms. The number of hydrogen-bond acceptors (Lipinski definition) is 5. The molecule has 1 aromatic heterocycles. The lowest BCUT2D eigenvalue weighted by atomic mass is 10.0. The van der Waals surface area contributed by atoms with Crippen molar-refractivity contribution in [2.45, 2.75) is 32.2 Å². The summed E-state index contributed by atoms with van der Waals surface area (Å²) in [4.78, 5) is 15.3. The molecule has 0 N–H and O–H groups in total. The molecule has 1 amide bonds. The minimum atomic E-state index is -0.0629. The van der Waals surface area contributed by atoms with E-state index in [2.05, 4.69) is 16.4 Å². The van der Waals surface area contributed by atoms with Crippen molar-refractivity contribution >= 4 is 5.91 Å². The van der Waals surface area contributed by atoms with E-state index in [0.717, 1.165) is 54.3 Å². The maximum Gasteiger partial charge on any atom is 0.276 e. The van der Waals surface area contributed by atoms with Crippen LogP contribution in [-0.4, -0.2) is 52.6 Å². The fourth-order valence-corrected chi connectivity index (χ4v) is 4.04. The van der Waals surface area contributed by atoms with Crippen LogP contribution in [0.4, 0.5) is 0 Å². The third kappa shape index (κ3) is 3.87. The second-order valence-electron chi connectivity index (χ2n) is 7.49. The molecule has 1 fully saturated rings. The van der Waals surface area contributed by atoms with E-state index >= 15 is 0 Å². The smallest absolute Gasteiger partial charge is 0.276 e. The van der Waals surface area contributed by atoms with Gasteiger partial charge in [0.1, 0.15) is 11.5 Å². The molecule has 7 nitrogen and oxygen atoms in total. The molecular weight excluding hydrogens is 380 g/mol. The highest BCUT2D eigenvalue weighted by molar-refractivity contribution is 5.93. The third-order valence-electron chi connectivity index (χ3n) is 5.64. The zero-order chi connectivity index (χ0) is 21.1. The normalized spacial score (nSPS) is 16.0. The van der Waals surface area contributed by atoms with Crippen molar-refractivity contribution in [1.82, 2.24) is 19.9 Å². The molecule has 1 unspecified atom stereocenters. The lowest BCUT2D eigenvalue weighted by Gasteiger charge is -2.24. The Morgan fingerprint density at radius 2 is 1.83 bits per heavy atom. The average Bonchev–Trinajstić information content (AvgIpc) is 3.40. The second kappa shape index (κ2) is 8.57. The fraction of sp³-hybridized carbons (Fsp3) is 0.348. The quantitative estimate of drug-likeness (QED) is 0.627. The van der Waals surface area contributed by atoms with Gasteiger partial charge in [0.25, 0.3) is 5.91 Å². The highest BCUT2D eigenvalue weighted by atomic mass is 16.5. The number of hydrogen-bond donors (Lipinski definition) is 0. The summed E-state index contributed by atoms with van der Waals surface area (Å²) in [7, 11) is 3.29. The maximum atomic E-state index is 13.3. The summed E-state index contributed by atoms with van der Waals surface area (Å²) in [6.45, 7) is 2.61. The Balaban J connectivity index is 1.55. The number of aromatic nitrogens is 3. The standard InChI is InChI=1S/C23H26N4O3/c1-16-22(24-25-27(16)19-8-5-11-21(15-19)30-3)23(28)26-12-6-9-18(26)13-17-7-4-10-20(14-17)29-2/h4-5,7-8,10-11,14-15,18H,6,9,12-13H2,1-3H3. The van der Waals surface area contributed by atoms with Crippen molar-refractivity contribution in [1.29, 1.82) is 0 Å². The highest BCUT2D eigenvalue weighted by Crippen LogP contribution is 2.26. The van der Waals surface area contributed by atoms with Gasteiger partial charge in [-0.3, -0.25) is 4.79 Å². The first kappa shape index (κ1) is 19.9. The minimum absolute atomic E-state index is 0.0629. The maximum absolute atomic E-state index is 13.3. The molecule has 1 aliphatic rings. The Hall–Kier alpha value is -3.35. The predicted molar refractivity (Wildman–Crippen MR) is 113 cm³/mol. The van der Waals surface area contributed by atoms with Crippen LogP contribution in [0.3, 0.4) is 0 Å². The van der Waals surface area contributed by atoms with Crippen LogP contribution in [0.1, 0.15) is 34.6 Å². The monoisotopic (exact) mass is 406 g/mol. The number of likely N-dealkylation sites (tertiary alicyclic amines) is 1. The number of rotatable bonds is 6. The molecule has 1 saturated heterocycles. The van der Waals surface area contributed by atoms with Crippen molar-refractivity contribution in [2.24, 2.45) is 0 Å². The molecule has 0 saturated carbocycles. The topological polar surface area (TPSA) is 69.5 Å². The van der Waals surface area contributed by atoms with Crippen molar-refractivity contribution < 1.29 is 14.3 Å². The number of amides is 1. The zero-order valence-electron chi connectivity index (χ0n) is 17.5. The van der Waals surface area contributed by atoms with Gasteiger partial charge in [0, 0.05) is 18.7 Å². The lowest BCUT2D eigenvalue weighted by Crippen LogP contribution is -2.37. The van der Waals surface area contributed by atoms with E-state index < -0.39 is 0 Å². The molecule has 0 aliphatic carbocycles. The van der Waals surface area contributed by atoms with E-state index in [4.69, 9.17) is 9.47 Å². The van der Waals surface area contributed by atoms with E-state index in [-0.39, 0.29) is 11.9 Å². The van der Waals surface area contributed by atoms with E-state index in [1.165, 1.54) is 0 Å². The molecule has 1 aliphatic heterocycles. The van der Waals surface area contributed by atoms with Crippen molar-refractivity contribution in [3.63, 3.8) is 0 Å². The van der Waals surface area contributed by atoms with Gasteiger partial charge in [-0.1, -0.05) is 23.4 Å². The van der Waals surface area contributed by atoms with Crippen LogP contribution in [0.2, 0.25) is 0 Å². The molecule has 2 heterocycles. The van der Waals surface area contributed by atoms with Crippen LogP contribution in [0.5, 0.6) is 11.5 Å². The highest BCUT2D eigenvalue weighted by Gasteiger charge is 2.32. The van der Waals surface area contributed by atoms with Gasteiger partial charge in [0.05, 0.1) is 25.6 Å². The van der Waals surface area contributed by atoms with Gasteiger partial charge in [-0.2, -0.15) is 0 Å². The van der Waals surface area contributed by atoms with Gasteiger partial charge >= 0.3 is 0 Å². The Bertz CT molecular complexity index is 1050. The van der Waals surface area contributed by atoms with Gasteiger partial charge in [0.15, 0.2) is 5.69 Å². The molecule has 7 heteroatoms. The van der Waals surface area contributed by atoms with Gasteiger partial charge < -0.3 is 14.4 Å². The van der Waals surface area contributed by atoms with Crippen LogP contribution in [0.15, 0.2) is 48.5 Å². The lowest BCUT2D eigenvalue weighted by molar-refractivity contribution is 0.0729. The van der Waals surface area contributed by atoms with E-state index in [9.17, 15) is 4.79 Å². The van der Waals surface area contributed by atoms with E-state index in [1.54, 1.807) is 18.9 Å². The zero-order valence-corrected chi connectivity index (χ0v) is 17.5. The molecule has 30 heavy (non-hydrogen) atoms. The Labute approximate surface area is 176 Å². The van der Waals surface area contributed by atoms with Crippen molar-refractivity contribution in [2.75, 3.05) is 20.8 Å². The fourth-order valence-electron chi connectivity index (χ4n) is 4.04. The van der Waals surface area contributed by atoms with Gasteiger partial charge in [-0.05, 0) is 56.0 Å². The summed E-state index contributed by atoms with van der Waals surface area (Å²) in [5.41, 5.74) is 3.10. The van der Waals surface area contributed by atoms with E-state index in [0.29, 0.717) is 5.69 Å². The number of carbonyl (C=O) groups excluding carboxylic acids is 1. The molecule has 3 aromatic rings. The molecule has 4 rings (SSSR count). The Morgan fingerprint density at radius 3 is 2.60 bits per heavy atom. The summed E-state index contributed by atoms with van der Waals surface area (Å²) < 4.78 is 12.3. The van der Waals surface area contributed by atoms with Crippen molar-refractivity contribution in [3.8, 4) is 17.2 Å². The number of carbonyl (C=O) groups is 1. The van der Waals surface area contributed by atoms with E-state index in [1.807, 2.05) is 54.3 Å². The summed E-state index contributed by atoms with van der Waals surface area (Å²) >= 11 is 0. The van der Waals surface area contributed by atoms with Gasteiger partial charge in [-0.15, -0.1) is 5.10 Å². The predicted octanol–water partition coefficient (Wildman–Crippen LogP) is 3.44. The Morgan fingerprint density at radius 1 is 1.10 bits per heavy atom.